The summed E-state index contributed by atoms with van der Waals surface area (Å²) in [7, 11) is 2.18. The number of hydroxylamine groups is 2. The van der Waals surface area contributed by atoms with Crippen molar-refractivity contribution in [1.29, 1.82) is 0 Å². The molecule has 0 bridgehead atoms. The fourth-order valence-corrected chi connectivity index (χ4v) is 4.63. The van der Waals surface area contributed by atoms with E-state index in [-0.39, 0.29) is 19.2 Å². The van der Waals surface area contributed by atoms with Gasteiger partial charge in [-0.3, -0.25) is 4.84 Å². The highest BCUT2D eigenvalue weighted by molar-refractivity contribution is 7.90. The van der Waals surface area contributed by atoms with Crippen molar-refractivity contribution in [2.45, 2.75) is 17.8 Å². The molecule has 2 atom stereocenters. The minimum atomic E-state index is -3.54. The molecule has 7 heteroatoms. The van der Waals surface area contributed by atoms with Crippen molar-refractivity contribution in [3.63, 3.8) is 0 Å². The monoisotopic (exact) mass is 375 g/mol. The smallest absolute Gasteiger partial charge is 0.219 e. The van der Waals surface area contributed by atoms with Crippen LogP contribution >= 0.6 is 0 Å². The minimum absolute atomic E-state index is 0.140. The molecule has 1 fully saturated rings. The molecule has 0 amide bonds. The summed E-state index contributed by atoms with van der Waals surface area (Å²) >= 11 is 0. The van der Waals surface area contributed by atoms with Gasteiger partial charge >= 0.3 is 0 Å². The summed E-state index contributed by atoms with van der Waals surface area (Å²) in [4.78, 5) is 7.56. The summed E-state index contributed by atoms with van der Waals surface area (Å²) in [5.41, 5.74) is 2.91. The van der Waals surface area contributed by atoms with Crippen LogP contribution in [0.4, 0.5) is 5.69 Å². The Morgan fingerprint density at radius 1 is 1.12 bits per heavy atom. The van der Waals surface area contributed by atoms with Crippen LogP contribution in [0.1, 0.15) is 17.2 Å². The molecule has 140 valence electrons. The molecule has 1 aliphatic rings. The maximum Gasteiger partial charge on any atom is 0.219 e. The third-order valence-corrected chi connectivity index (χ3v) is 6.39. The Balaban J connectivity index is 1.78. The van der Waals surface area contributed by atoms with E-state index in [1.807, 2.05) is 73.6 Å². The number of hydrogen-bond donors (Lipinski definition) is 1. The minimum Gasteiger partial charge on any atom is -0.378 e. The largest absolute Gasteiger partial charge is 0.378 e. The van der Waals surface area contributed by atoms with Crippen LogP contribution in [0.25, 0.3) is 0 Å². The molecule has 1 N–H and O–H groups in total. The lowest BCUT2D eigenvalue weighted by Gasteiger charge is -2.24. The van der Waals surface area contributed by atoms with Crippen LogP contribution in [0.2, 0.25) is 0 Å². The first kappa shape index (κ1) is 18.8. The molecule has 0 spiro atoms. The zero-order valence-electron chi connectivity index (χ0n) is 15.3. The normalized spacial score (nSPS) is 21.0. The number of rotatable bonds is 6. The molecular formula is C19H25N3O3S. The van der Waals surface area contributed by atoms with E-state index in [1.54, 1.807) is 12.1 Å². The highest BCUT2D eigenvalue weighted by Gasteiger charge is 2.43. The van der Waals surface area contributed by atoms with Gasteiger partial charge in [-0.05, 0) is 23.3 Å². The van der Waals surface area contributed by atoms with Crippen LogP contribution in [-0.2, 0) is 21.4 Å². The van der Waals surface area contributed by atoms with Gasteiger partial charge in [0.05, 0.1) is 12.6 Å². The SMILES string of the molecule is CN(C)c1ccc([C@@H]2[C@@H](S(=O)(=O)NCc3ccccc3)CON2C)cc1. The molecule has 0 unspecified atom stereocenters. The van der Waals surface area contributed by atoms with Crippen molar-refractivity contribution in [2.75, 3.05) is 32.6 Å². The Labute approximate surface area is 155 Å². The first-order valence-electron chi connectivity index (χ1n) is 8.54. The maximum atomic E-state index is 12.9. The summed E-state index contributed by atoms with van der Waals surface area (Å²) < 4.78 is 28.5. The Kier molecular flexibility index (Phi) is 5.62. The van der Waals surface area contributed by atoms with E-state index in [1.165, 1.54) is 0 Å². The molecule has 2 aromatic rings. The van der Waals surface area contributed by atoms with Gasteiger partial charge in [0.1, 0.15) is 5.25 Å². The van der Waals surface area contributed by atoms with Gasteiger partial charge in [0.2, 0.25) is 10.0 Å². The summed E-state index contributed by atoms with van der Waals surface area (Å²) in [6, 6.07) is 17.1. The van der Waals surface area contributed by atoms with E-state index in [4.69, 9.17) is 4.84 Å². The van der Waals surface area contributed by atoms with E-state index in [0.29, 0.717) is 0 Å². The average molecular weight is 375 g/mol. The standard InChI is InChI=1S/C19H25N3O3S/c1-21(2)17-11-9-16(10-12-17)19-18(14-25-22(19)3)26(23,24)20-13-15-7-5-4-6-8-15/h4-12,18-20H,13-14H2,1-3H3/t18-,19+/m0/s1. The topological polar surface area (TPSA) is 61.9 Å². The number of nitrogens with zero attached hydrogens (tertiary/aromatic N) is 2. The van der Waals surface area contributed by atoms with Gasteiger partial charge in [-0.1, -0.05) is 42.5 Å². The Bertz CT molecular complexity index is 823. The molecule has 2 aromatic carbocycles. The molecule has 26 heavy (non-hydrogen) atoms. The predicted octanol–water partition coefficient (Wildman–Crippen LogP) is 2.16. The molecule has 0 radical (unpaired) electrons. The van der Waals surface area contributed by atoms with Crippen LogP contribution < -0.4 is 9.62 Å². The van der Waals surface area contributed by atoms with Gasteiger partial charge in [0.25, 0.3) is 0 Å². The van der Waals surface area contributed by atoms with E-state index in [0.717, 1.165) is 16.8 Å². The fraction of sp³-hybridized carbons (Fsp3) is 0.368. The number of sulfonamides is 1. The summed E-state index contributed by atoms with van der Waals surface area (Å²) in [5.74, 6) is 0. The van der Waals surface area contributed by atoms with Crippen molar-refractivity contribution < 1.29 is 13.3 Å². The molecule has 6 nitrogen and oxygen atoms in total. The van der Waals surface area contributed by atoms with Crippen molar-refractivity contribution >= 4 is 15.7 Å². The van der Waals surface area contributed by atoms with Gasteiger partial charge in [-0.15, -0.1) is 0 Å². The summed E-state index contributed by atoms with van der Waals surface area (Å²) in [6.45, 7) is 0.413. The second-order valence-electron chi connectivity index (χ2n) is 6.66. The van der Waals surface area contributed by atoms with Crippen LogP contribution in [0.15, 0.2) is 54.6 Å². The molecule has 1 aliphatic heterocycles. The van der Waals surface area contributed by atoms with Crippen molar-refractivity contribution in [3.8, 4) is 0 Å². The number of anilines is 1. The molecule has 1 saturated heterocycles. The van der Waals surface area contributed by atoms with Crippen LogP contribution in [0.3, 0.4) is 0 Å². The highest BCUT2D eigenvalue weighted by atomic mass is 32.2. The van der Waals surface area contributed by atoms with Gasteiger partial charge in [-0.25, -0.2) is 13.1 Å². The van der Waals surface area contributed by atoms with E-state index >= 15 is 0 Å². The molecule has 0 aliphatic carbocycles. The lowest BCUT2D eigenvalue weighted by Crippen LogP contribution is -2.39. The summed E-state index contributed by atoms with van der Waals surface area (Å²) in [5, 5.41) is 0.971. The number of benzene rings is 2. The van der Waals surface area contributed by atoms with Crippen molar-refractivity contribution in [1.82, 2.24) is 9.79 Å². The third kappa shape index (κ3) is 4.07. The molecule has 0 saturated carbocycles. The second kappa shape index (κ2) is 7.75. The van der Waals surface area contributed by atoms with Gasteiger partial charge in [0, 0.05) is 33.4 Å². The van der Waals surface area contributed by atoms with Crippen LogP contribution in [-0.4, -0.2) is 46.5 Å². The predicted molar refractivity (Wildman–Crippen MR) is 103 cm³/mol. The Morgan fingerprint density at radius 3 is 2.38 bits per heavy atom. The van der Waals surface area contributed by atoms with Gasteiger partial charge in [-0.2, -0.15) is 5.06 Å². The van der Waals surface area contributed by atoms with Crippen molar-refractivity contribution in [3.05, 3.63) is 65.7 Å². The maximum absolute atomic E-state index is 12.9. The van der Waals surface area contributed by atoms with Gasteiger partial charge < -0.3 is 4.90 Å². The van der Waals surface area contributed by atoms with Gasteiger partial charge in [0.15, 0.2) is 0 Å². The average Bonchev–Trinajstić information content (AvgIpc) is 3.03. The first-order chi connectivity index (χ1) is 12.4. The lowest BCUT2D eigenvalue weighted by atomic mass is 10.0. The summed E-state index contributed by atoms with van der Waals surface area (Å²) in [6.07, 6.45) is 0. The quantitative estimate of drug-likeness (QED) is 0.838. The Hall–Kier alpha value is -1.93. The lowest BCUT2D eigenvalue weighted by molar-refractivity contribution is -0.110. The molecule has 0 aromatic heterocycles. The third-order valence-electron chi connectivity index (χ3n) is 4.66. The fourth-order valence-electron chi connectivity index (χ4n) is 3.14. The van der Waals surface area contributed by atoms with Crippen LogP contribution in [0, 0.1) is 0 Å². The number of nitrogens with one attached hydrogen (secondary N) is 1. The zero-order valence-corrected chi connectivity index (χ0v) is 16.1. The molecular weight excluding hydrogens is 350 g/mol. The van der Waals surface area contributed by atoms with Crippen molar-refractivity contribution in [2.24, 2.45) is 0 Å². The Morgan fingerprint density at radius 2 is 1.77 bits per heavy atom. The molecule has 1 heterocycles. The molecule has 3 rings (SSSR count). The van der Waals surface area contributed by atoms with E-state index < -0.39 is 15.3 Å². The highest BCUT2D eigenvalue weighted by Crippen LogP contribution is 2.34. The van der Waals surface area contributed by atoms with Crippen LogP contribution in [0.5, 0.6) is 0 Å². The first-order valence-corrected chi connectivity index (χ1v) is 10.1. The zero-order chi connectivity index (χ0) is 18.7. The number of hydrogen-bond acceptors (Lipinski definition) is 5. The van der Waals surface area contributed by atoms with E-state index in [9.17, 15) is 8.42 Å². The van der Waals surface area contributed by atoms with E-state index in [2.05, 4.69) is 4.72 Å². The second-order valence-corrected chi connectivity index (χ2v) is 8.65.